The number of phenolic OH excluding ortho intramolecular Hbond substituents is 1. The average molecular weight is 455 g/mol. The Labute approximate surface area is 196 Å². The Hall–Kier alpha value is -4.19. The summed E-state index contributed by atoms with van der Waals surface area (Å²) in [6, 6.07) is 22.4. The van der Waals surface area contributed by atoms with Gasteiger partial charge in [0, 0.05) is 23.7 Å². The molecule has 1 aliphatic rings. The number of fused-ring (bicyclic) bond motifs is 1. The number of amides is 1. The van der Waals surface area contributed by atoms with Gasteiger partial charge in [0.2, 0.25) is 0 Å². The summed E-state index contributed by atoms with van der Waals surface area (Å²) in [5.74, 6) is 0.111. The molecule has 6 heteroatoms. The fourth-order valence-electron chi connectivity index (χ4n) is 4.43. The van der Waals surface area contributed by atoms with Crippen LogP contribution in [-0.4, -0.2) is 22.6 Å². The summed E-state index contributed by atoms with van der Waals surface area (Å²) in [4.78, 5) is 17.8. The van der Waals surface area contributed by atoms with Crippen LogP contribution in [0.1, 0.15) is 33.6 Å². The number of nitrogens with one attached hydrogen (secondary N) is 1. The zero-order chi connectivity index (χ0) is 23.7. The van der Waals surface area contributed by atoms with Crippen LogP contribution < -0.4 is 10.1 Å². The molecule has 1 aromatic heterocycles. The second-order valence-corrected chi connectivity index (χ2v) is 8.36. The van der Waals surface area contributed by atoms with Crippen molar-refractivity contribution >= 4 is 5.91 Å². The van der Waals surface area contributed by atoms with Gasteiger partial charge in [-0.1, -0.05) is 42.5 Å². The normalized spacial score (nSPS) is 16.9. The summed E-state index contributed by atoms with van der Waals surface area (Å²) < 4.78 is 19.2. The van der Waals surface area contributed by atoms with Crippen LogP contribution in [0.25, 0.3) is 11.1 Å². The van der Waals surface area contributed by atoms with Crippen LogP contribution in [0, 0.1) is 12.7 Å². The maximum absolute atomic E-state index is 13.4. The zero-order valence-electron chi connectivity index (χ0n) is 18.6. The topological polar surface area (TPSA) is 71.5 Å². The molecular formula is C28H23FN2O3. The average Bonchev–Trinajstić information content (AvgIpc) is 2.86. The van der Waals surface area contributed by atoms with Crippen LogP contribution in [0.4, 0.5) is 4.39 Å². The summed E-state index contributed by atoms with van der Waals surface area (Å²) in [7, 11) is 0. The molecule has 170 valence electrons. The van der Waals surface area contributed by atoms with E-state index in [0.29, 0.717) is 30.0 Å². The van der Waals surface area contributed by atoms with E-state index in [1.807, 2.05) is 55.5 Å². The second-order valence-electron chi connectivity index (χ2n) is 8.36. The third-order valence-corrected chi connectivity index (χ3v) is 6.27. The van der Waals surface area contributed by atoms with E-state index in [4.69, 9.17) is 4.74 Å². The SMILES string of the molecule is Cc1cccc(-c2ccc([C@@]3(NC(=O)c4ccc(F)cc4)CCOc4cccnc43)cc2)c1O. The van der Waals surface area contributed by atoms with Crippen molar-refractivity contribution in [1.29, 1.82) is 0 Å². The van der Waals surface area contributed by atoms with Crippen LogP contribution >= 0.6 is 0 Å². The highest BCUT2D eigenvalue weighted by atomic mass is 19.1. The van der Waals surface area contributed by atoms with Gasteiger partial charge in [0.25, 0.3) is 5.91 Å². The maximum Gasteiger partial charge on any atom is 0.252 e. The number of carbonyl (C=O) groups excluding carboxylic acids is 1. The van der Waals surface area contributed by atoms with E-state index in [1.165, 1.54) is 24.3 Å². The number of hydrogen-bond acceptors (Lipinski definition) is 4. The third kappa shape index (κ3) is 3.77. The Morgan fingerprint density at radius 2 is 1.79 bits per heavy atom. The van der Waals surface area contributed by atoms with Crippen LogP contribution in [0.5, 0.6) is 11.5 Å². The standard InChI is InChI=1S/C28H23FN2O3/c1-18-4-2-5-23(25(18)32)19-7-11-21(12-8-19)28(15-17-34-24-6-3-16-30-26(24)28)31-27(33)20-9-13-22(29)14-10-20/h2-14,16,32H,15,17H2,1H3,(H,31,33)/t28-/m0/s1. The van der Waals surface area contributed by atoms with Crippen molar-refractivity contribution in [2.45, 2.75) is 18.9 Å². The zero-order valence-corrected chi connectivity index (χ0v) is 18.6. The number of benzene rings is 3. The van der Waals surface area contributed by atoms with Gasteiger partial charge in [-0.25, -0.2) is 4.39 Å². The smallest absolute Gasteiger partial charge is 0.252 e. The van der Waals surface area contributed by atoms with Crippen molar-refractivity contribution in [3.8, 4) is 22.6 Å². The minimum absolute atomic E-state index is 0.243. The number of aryl methyl sites for hydroxylation is 1. The Balaban J connectivity index is 1.59. The second kappa shape index (κ2) is 8.63. The Morgan fingerprint density at radius 3 is 2.56 bits per heavy atom. The molecule has 1 aliphatic heterocycles. The lowest BCUT2D eigenvalue weighted by Crippen LogP contribution is -2.50. The molecule has 0 radical (unpaired) electrons. The summed E-state index contributed by atoms with van der Waals surface area (Å²) in [6.07, 6.45) is 2.14. The number of ether oxygens (including phenoxy) is 1. The van der Waals surface area contributed by atoms with E-state index >= 15 is 0 Å². The van der Waals surface area contributed by atoms with E-state index in [-0.39, 0.29) is 11.7 Å². The highest BCUT2D eigenvalue weighted by molar-refractivity contribution is 5.95. The van der Waals surface area contributed by atoms with Gasteiger partial charge in [-0.3, -0.25) is 9.78 Å². The number of hydrogen-bond donors (Lipinski definition) is 2. The lowest BCUT2D eigenvalue weighted by molar-refractivity contribution is 0.0883. The summed E-state index contributed by atoms with van der Waals surface area (Å²) in [5.41, 5.74) is 3.26. The summed E-state index contributed by atoms with van der Waals surface area (Å²) >= 11 is 0. The van der Waals surface area contributed by atoms with Crippen LogP contribution in [0.15, 0.2) is 85.1 Å². The Morgan fingerprint density at radius 1 is 1.03 bits per heavy atom. The minimum atomic E-state index is -0.937. The van der Waals surface area contributed by atoms with E-state index in [1.54, 1.807) is 12.3 Å². The fourth-order valence-corrected chi connectivity index (χ4v) is 4.43. The molecule has 5 nitrogen and oxygen atoms in total. The quantitative estimate of drug-likeness (QED) is 0.436. The first kappa shape index (κ1) is 21.6. The Bertz CT molecular complexity index is 1350. The molecule has 1 amide bonds. The predicted octanol–water partition coefficient (Wildman–Crippen LogP) is 5.36. The van der Waals surface area contributed by atoms with Crippen molar-refractivity contribution in [2.75, 3.05) is 6.61 Å². The van der Waals surface area contributed by atoms with Gasteiger partial charge >= 0.3 is 0 Å². The highest BCUT2D eigenvalue weighted by Crippen LogP contribution is 2.41. The number of carbonyl (C=O) groups is 1. The first-order valence-electron chi connectivity index (χ1n) is 11.0. The maximum atomic E-state index is 13.4. The van der Waals surface area contributed by atoms with Gasteiger partial charge in [-0.15, -0.1) is 0 Å². The van der Waals surface area contributed by atoms with Crippen molar-refractivity contribution in [1.82, 2.24) is 10.3 Å². The van der Waals surface area contributed by atoms with Gasteiger partial charge in [-0.05, 0) is 60.0 Å². The molecule has 0 fully saturated rings. The number of aromatic hydroxyl groups is 1. The number of para-hydroxylation sites is 1. The molecule has 3 aromatic carbocycles. The molecule has 2 N–H and O–H groups in total. The first-order valence-corrected chi connectivity index (χ1v) is 11.0. The van der Waals surface area contributed by atoms with E-state index in [2.05, 4.69) is 10.3 Å². The van der Waals surface area contributed by atoms with E-state index in [9.17, 15) is 14.3 Å². The fraction of sp³-hybridized carbons (Fsp3) is 0.143. The summed E-state index contributed by atoms with van der Waals surface area (Å²) in [6.45, 7) is 2.25. The molecule has 5 rings (SSSR count). The summed E-state index contributed by atoms with van der Waals surface area (Å²) in [5, 5.41) is 13.7. The van der Waals surface area contributed by atoms with Crippen molar-refractivity contribution in [3.05, 3.63) is 113 Å². The first-order chi connectivity index (χ1) is 16.5. The molecule has 0 saturated heterocycles. The molecule has 1 atom stereocenters. The third-order valence-electron chi connectivity index (χ3n) is 6.27. The molecule has 0 bridgehead atoms. The van der Waals surface area contributed by atoms with Crippen molar-refractivity contribution in [2.24, 2.45) is 0 Å². The number of nitrogens with zero attached hydrogens (tertiary/aromatic N) is 1. The molecule has 0 spiro atoms. The largest absolute Gasteiger partial charge is 0.507 e. The van der Waals surface area contributed by atoms with Crippen LogP contribution in [0.2, 0.25) is 0 Å². The highest BCUT2D eigenvalue weighted by Gasteiger charge is 2.42. The predicted molar refractivity (Wildman–Crippen MR) is 127 cm³/mol. The molecule has 2 heterocycles. The van der Waals surface area contributed by atoms with Crippen molar-refractivity contribution < 1.29 is 19.0 Å². The molecular weight excluding hydrogens is 431 g/mol. The van der Waals surface area contributed by atoms with Gasteiger partial charge in [0.05, 0.1) is 6.61 Å². The number of halogens is 1. The van der Waals surface area contributed by atoms with Gasteiger partial charge in [0.1, 0.15) is 28.5 Å². The van der Waals surface area contributed by atoms with E-state index in [0.717, 1.165) is 22.3 Å². The van der Waals surface area contributed by atoms with Crippen LogP contribution in [0.3, 0.4) is 0 Å². The van der Waals surface area contributed by atoms with Gasteiger partial charge in [0.15, 0.2) is 0 Å². The van der Waals surface area contributed by atoms with Crippen LogP contribution in [-0.2, 0) is 5.54 Å². The number of pyridine rings is 1. The number of aromatic nitrogens is 1. The van der Waals surface area contributed by atoms with Gasteiger partial charge in [-0.2, -0.15) is 0 Å². The molecule has 0 unspecified atom stereocenters. The molecule has 4 aromatic rings. The molecule has 34 heavy (non-hydrogen) atoms. The number of phenols is 1. The lowest BCUT2D eigenvalue weighted by atomic mass is 9.80. The van der Waals surface area contributed by atoms with Crippen molar-refractivity contribution in [3.63, 3.8) is 0 Å². The lowest BCUT2D eigenvalue weighted by Gasteiger charge is -2.39. The number of rotatable bonds is 4. The monoisotopic (exact) mass is 454 g/mol. The molecule has 0 saturated carbocycles. The molecule has 0 aliphatic carbocycles. The Kier molecular flexibility index (Phi) is 5.49. The minimum Gasteiger partial charge on any atom is -0.507 e. The van der Waals surface area contributed by atoms with E-state index < -0.39 is 11.4 Å². The van der Waals surface area contributed by atoms with Gasteiger partial charge < -0.3 is 15.2 Å².